The van der Waals surface area contributed by atoms with Crippen LogP contribution in [0.15, 0.2) is 36.7 Å². The molecule has 0 bridgehead atoms. The van der Waals surface area contributed by atoms with Crippen molar-refractivity contribution in [2.75, 3.05) is 6.54 Å². The molecule has 4 heteroatoms. The third-order valence-corrected chi connectivity index (χ3v) is 3.92. The topological polar surface area (TPSA) is 24.9 Å². The summed E-state index contributed by atoms with van der Waals surface area (Å²) in [6, 6.07) is 8.50. The van der Waals surface area contributed by atoms with Crippen molar-refractivity contribution in [1.29, 1.82) is 0 Å². The largest absolute Gasteiger partial charge is 0.309 e. The molecule has 2 aromatic rings. The van der Waals surface area contributed by atoms with E-state index in [1.54, 1.807) is 11.3 Å². The van der Waals surface area contributed by atoms with Crippen molar-refractivity contribution in [3.63, 3.8) is 0 Å². The van der Waals surface area contributed by atoms with Gasteiger partial charge in [0.2, 0.25) is 0 Å². The Labute approximate surface area is 111 Å². The van der Waals surface area contributed by atoms with Crippen LogP contribution < -0.4 is 5.32 Å². The average Bonchev–Trinajstić information content (AvgIpc) is 2.77. The lowest BCUT2D eigenvalue weighted by Crippen LogP contribution is -2.22. The summed E-state index contributed by atoms with van der Waals surface area (Å²) in [4.78, 5) is 5.32. The molecular weight excluding hydrogens is 252 g/mol. The van der Waals surface area contributed by atoms with E-state index in [4.69, 9.17) is 11.6 Å². The number of nitrogens with zero attached hydrogens (tertiary/aromatic N) is 1. The lowest BCUT2D eigenvalue weighted by molar-refractivity contribution is 0.558. The number of pyridine rings is 1. The van der Waals surface area contributed by atoms with Gasteiger partial charge in [-0.1, -0.05) is 18.5 Å². The van der Waals surface area contributed by atoms with Gasteiger partial charge in [0.25, 0.3) is 0 Å². The monoisotopic (exact) mass is 266 g/mol. The average molecular weight is 267 g/mol. The highest BCUT2D eigenvalue weighted by atomic mass is 35.5. The van der Waals surface area contributed by atoms with E-state index in [0.717, 1.165) is 17.3 Å². The van der Waals surface area contributed by atoms with Gasteiger partial charge in [0.15, 0.2) is 0 Å². The molecule has 0 aliphatic carbocycles. The summed E-state index contributed by atoms with van der Waals surface area (Å²) in [5.74, 6) is 0. The minimum Gasteiger partial charge on any atom is -0.309 e. The van der Waals surface area contributed by atoms with E-state index in [1.807, 2.05) is 18.5 Å². The summed E-state index contributed by atoms with van der Waals surface area (Å²) in [7, 11) is 0. The summed E-state index contributed by atoms with van der Waals surface area (Å²) in [5, 5.41) is 3.49. The zero-order chi connectivity index (χ0) is 12.1. The summed E-state index contributed by atoms with van der Waals surface area (Å²) in [5.41, 5.74) is 1.29. The minimum absolute atomic E-state index is 0.333. The second kappa shape index (κ2) is 6.15. The first-order chi connectivity index (χ1) is 8.29. The van der Waals surface area contributed by atoms with Crippen LogP contribution in [0.25, 0.3) is 0 Å². The molecule has 1 N–H and O–H groups in total. The van der Waals surface area contributed by atoms with Crippen molar-refractivity contribution in [3.8, 4) is 0 Å². The van der Waals surface area contributed by atoms with Gasteiger partial charge in [-0.15, -0.1) is 11.3 Å². The predicted molar refractivity (Wildman–Crippen MR) is 73.7 cm³/mol. The Morgan fingerprint density at radius 1 is 1.29 bits per heavy atom. The second-order valence-electron chi connectivity index (χ2n) is 3.81. The number of hydrogen-bond acceptors (Lipinski definition) is 3. The summed E-state index contributed by atoms with van der Waals surface area (Å²) in [6.07, 6.45) is 4.63. The van der Waals surface area contributed by atoms with Gasteiger partial charge in [-0.05, 0) is 42.8 Å². The number of halogens is 1. The minimum atomic E-state index is 0.333. The van der Waals surface area contributed by atoms with Crippen LogP contribution in [0.4, 0.5) is 0 Å². The number of aromatic nitrogens is 1. The standard InChI is InChI=1S/C13H15ClN2S/c1-2-16-11(12-3-4-13(14)17-12)9-10-5-7-15-8-6-10/h3-8,11,16H,2,9H2,1H3. The van der Waals surface area contributed by atoms with E-state index in [-0.39, 0.29) is 0 Å². The molecule has 2 aromatic heterocycles. The highest BCUT2D eigenvalue weighted by Crippen LogP contribution is 2.28. The van der Waals surface area contributed by atoms with E-state index < -0.39 is 0 Å². The highest BCUT2D eigenvalue weighted by molar-refractivity contribution is 7.16. The fourth-order valence-electron chi connectivity index (χ4n) is 1.79. The molecule has 0 amide bonds. The predicted octanol–water partition coefficient (Wildman–Crippen LogP) is 3.69. The molecule has 0 aromatic carbocycles. The summed E-state index contributed by atoms with van der Waals surface area (Å²) in [6.45, 7) is 3.07. The molecule has 1 atom stereocenters. The Bertz CT molecular complexity index is 455. The number of thiophene rings is 1. The van der Waals surface area contributed by atoms with Crippen LogP contribution in [0.2, 0.25) is 4.34 Å². The number of rotatable bonds is 5. The van der Waals surface area contributed by atoms with Gasteiger partial charge in [-0.2, -0.15) is 0 Å². The Hall–Kier alpha value is -0.900. The Balaban J connectivity index is 2.13. The van der Waals surface area contributed by atoms with E-state index >= 15 is 0 Å². The van der Waals surface area contributed by atoms with Crippen LogP contribution in [0.3, 0.4) is 0 Å². The smallest absolute Gasteiger partial charge is 0.0931 e. The van der Waals surface area contributed by atoms with E-state index in [0.29, 0.717) is 6.04 Å². The molecule has 0 spiro atoms. The van der Waals surface area contributed by atoms with Crippen LogP contribution in [-0.2, 0) is 6.42 Å². The van der Waals surface area contributed by atoms with Gasteiger partial charge in [-0.3, -0.25) is 4.98 Å². The van der Waals surface area contributed by atoms with Crippen molar-refractivity contribution >= 4 is 22.9 Å². The van der Waals surface area contributed by atoms with Gasteiger partial charge in [0.1, 0.15) is 0 Å². The molecule has 0 aliphatic heterocycles. The first-order valence-electron chi connectivity index (χ1n) is 5.67. The molecule has 0 radical (unpaired) electrons. The first-order valence-corrected chi connectivity index (χ1v) is 6.86. The molecule has 2 heterocycles. The zero-order valence-electron chi connectivity index (χ0n) is 9.69. The van der Waals surface area contributed by atoms with Crippen molar-refractivity contribution in [2.24, 2.45) is 0 Å². The maximum absolute atomic E-state index is 5.99. The van der Waals surface area contributed by atoms with Crippen molar-refractivity contribution in [3.05, 3.63) is 51.4 Å². The lowest BCUT2D eigenvalue weighted by atomic mass is 10.1. The van der Waals surface area contributed by atoms with Crippen LogP contribution in [0.5, 0.6) is 0 Å². The quantitative estimate of drug-likeness (QED) is 0.893. The van der Waals surface area contributed by atoms with E-state index in [9.17, 15) is 0 Å². The molecule has 2 nitrogen and oxygen atoms in total. The summed E-state index contributed by atoms with van der Waals surface area (Å²) >= 11 is 7.63. The maximum atomic E-state index is 5.99. The maximum Gasteiger partial charge on any atom is 0.0931 e. The van der Waals surface area contributed by atoms with Gasteiger partial charge < -0.3 is 5.32 Å². The van der Waals surface area contributed by atoms with Crippen LogP contribution >= 0.6 is 22.9 Å². The lowest BCUT2D eigenvalue weighted by Gasteiger charge is -2.16. The molecule has 0 saturated heterocycles. The molecule has 0 aliphatic rings. The number of likely N-dealkylation sites (N-methyl/N-ethyl adjacent to an activating group) is 1. The van der Waals surface area contributed by atoms with Gasteiger partial charge in [-0.25, -0.2) is 0 Å². The van der Waals surface area contributed by atoms with Crippen molar-refractivity contribution in [1.82, 2.24) is 10.3 Å². The third-order valence-electron chi connectivity index (χ3n) is 2.58. The molecule has 17 heavy (non-hydrogen) atoms. The SMILES string of the molecule is CCNC(Cc1ccncc1)c1ccc(Cl)s1. The van der Waals surface area contributed by atoms with Crippen LogP contribution in [0.1, 0.15) is 23.4 Å². The van der Waals surface area contributed by atoms with E-state index in [2.05, 4.69) is 35.4 Å². The number of hydrogen-bond donors (Lipinski definition) is 1. The molecule has 2 rings (SSSR count). The Morgan fingerprint density at radius 2 is 2.06 bits per heavy atom. The fraction of sp³-hybridized carbons (Fsp3) is 0.308. The zero-order valence-corrected chi connectivity index (χ0v) is 11.3. The second-order valence-corrected chi connectivity index (χ2v) is 5.56. The Morgan fingerprint density at radius 3 is 2.65 bits per heavy atom. The normalized spacial score (nSPS) is 12.6. The van der Waals surface area contributed by atoms with E-state index in [1.165, 1.54) is 10.4 Å². The number of nitrogens with one attached hydrogen (secondary N) is 1. The molecular formula is C13H15ClN2S. The third kappa shape index (κ3) is 3.53. The van der Waals surface area contributed by atoms with Crippen molar-refractivity contribution < 1.29 is 0 Å². The molecule has 0 fully saturated rings. The van der Waals surface area contributed by atoms with Crippen LogP contribution in [-0.4, -0.2) is 11.5 Å². The van der Waals surface area contributed by atoms with Crippen LogP contribution in [0, 0.1) is 0 Å². The Kier molecular flexibility index (Phi) is 4.54. The van der Waals surface area contributed by atoms with Gasteiger partial charge >= 0.3 is 0 Å². The molecule has 1 unspecified atom stereocenters. The fourth-order valence-corrected chi connectivity index (χ4v) is 2.93. The van der Waals surface area contributed by atoms with Gasteiger partial charge in [0.05, 0.1) is 4.34 Å². The molecule has 90 valence electrons. The first kappa shape index (κ1) is 12.6. The molecule has 0 saturated carbocycles. The highest BCUT2D eigenvalue weighted by Gasteiger charge is 2.13. The van der Waals surface area contributed by atoms with Crippen molar-refractivity contribution in [2.45, 2.75) is 19.4 Å². The summed E-state index contributed by atoms with van der Waals surface area (Å²) < 4.78 is 0.845. The van der Waals surface area contributed by atoms with Gasteiger partial charge in [0, 0.05) is 23.3 Å².